The molecule has 0 spiro atoms. The Labute approximate surface area is 138 Å². The van der Waals surface area contributed by atoms with E-state index in [0.717, 1.165) is 43.7 Å². The van der Waals surface area contributed by atoms with Crippen LogP contribution in [-0.4, -0.2) is 38.9 Å². The van der Waals surface area contributed by atoms with Gasteiger partial charge in [-0.25, -0.2) is 0 Å². The van der Waals surface area contributed by atoms with Gasteiger partial charge in [-0.2, -0.15) is 0 Å². The van der Waals surface area contributed by atoms with Crippen LogP contribution >= 0.6 is 21.6 Å². The van der Waals surface area contributed by atoms with E-state index in [9.17, 15) is 4.79 Å². The molecule has 1 aliphatic rings. The number of hydrogen-bond acceptors (Lipinski definition) is 4. The molecular weight excluding hydrogens is 299 g/mol. The first-order valence-corrected chi connectivity index (χ1v) is 10.1. The summed E-state index contributed by atoms with van der Waals surface area (Å²) in [6, 6.07) is 2.78. The summed E-state index contributed by atoms with van der Waals surface area (Å²) in [6.45, 7) is 0.994. The minimum Gasteiger partial charge on any atom is -0.319 e. The van der Waals surface area contributed by atoms with Crippen LogP contribution in [0, 0.1) is 12.0 Å². The van der Waals surface area contributed by atoms with Crippen LogP contribution in [0.5, 0.6) is 0 Å². The second-order valence-electron chi connectivity index (χ2n) is 5.37. The predicted octanol–water partition coefficient (Wildman–Crippen LogP) is 2.74. The van der Waals surface area contributed by atoms with Gasteiger partial charge in [-0.1, -0.05) is 53.2 Å². The fraction of sp³-hybridized carbons (Fsp3) is 0.800. The summed E-state index contributed by atoms with van der Waals surface area (Å²) < 4.78 is 0. The topological polar surface area (TPSA) is 41.1 Å². The van der Waals surface area contributed by atoms with E-state index in [2.05, 4.69) is 22.6 Å². The lowest BCUT2D eigenvalue weighted by Gasteiger charge is -2.20. The Morgan fingerprint density at radius 1 is 1.19 bits per heavy atom. The van der Waals surface area contributed by atoms with E-state index in [4.69, 9.17) is 7.85 Å². The Morgan fingerprint density at radius 3 is 2.52 bits per heavy atom. The molecule has 0 unspecified atom stereocenters. The minimum absolute atomic E-state index is 0.0126. The highest BCUT2D eigenvalue weighted by molar-refractivity contribution is 8.76. The second-order valence-corrected chi connectivity index (χ2v) is 8.07. The summed E-state index contributed by atoms with van der Waals surface area (Å²) in [6.07, 6.45) is 7.15. The van der Waals surface area contributed by atoms with Crippen LogP contribution in [-0.2, 0) is 4.79 Å². The van der Waals surface area contributed by atoms with E-state index >= 15 is 0 Å². The largest absolute Gasteiger partial charge is 0.319 e. The number of carbonyl (C=O) groups excluding carboxylic acids is 1. The molecule has 0 aliphatic heterocycles. The molecule has 1 rings (SSSR count). The smallest absolute Gasteiger partial charge is 0.232 e. The average Bonchev–Trinajstić information content (AvgIpc) is 2.68. The van der Waals surface area contributed by atoms with Crippen molar-refractivity contribution in [3.05, 3.63) is 0 Å². The zero-order valence-corrected chi connectivity index (χ0v) is 14.5. The third-order valence-corrected chi connectivity index (χ3v) is 5.85. The van der Waals surface area contributed by atoms with Gasteiger partial charge < -0.3 is 5.32 Å². The molecule has 0 aromatic carbocycles. The van der Waals surface area contributed by atoms with E-state index in [1.54, 1.807) is 21.6 Å². The summed E-state index contributed by atoms with van der Waals surface area (Å²) in [4.78, 5) is 11.7. The van der Waals surface area contributed by atoms with Gasteiger partial charge in [0, 0.05) is 30.5 Å². The molecule has 116 valence electrons. The first-order valence-electron chi connectivity index (χ1n) is 7.65. The van der Waals surface area contributed by atoms with Gasteiger partial charge in [0.05, 0.1) is 7.85 Å². The number of rotatable bonds is 7. The van der Waals surface area contributed by atoms with Crippen molar-refractivity contribution < 1.29 is 4.79 Å². The molecular formula is C15H25BN2OS2. The Balaban J connectivity index is 2.16. The molecule has 1 fully saturated rings. The van der Waals surface area contributed by atoms with Crippen molar-refractivity contribution in [3.63, 3.8) is 0 Å². The van der Waals surface area contributed by atoms with Crippen LogP contribution in [0.4, 0.5) is 0 Å². The van der Waals surface area contributed by atoms with Gasteiger partial charge in [0.25, 0.3) is 0 Å². The Hall–Kier alpha value is -0.245. The molecule has 1 aliphatic carbocycles. The molecule has 0 bridgehead atoms. The van der Waals surface area contributed by atoms with Gasteiger partial charge in [-0.3, -0.25) is 10.1 Å². The quantitative estimate of drug-likeness (QED) is 0.189. The van der Waals surface area contributed by atoms with Crippen molar-refractivity contribution in [2.75, 3.05) is 25.1 Å². The molecule has 0 saturated heterocycles. The molecule has 1 amide bonds. The zero-order chi connectivity index (χ0) is 15.4. The summed E-state index contributed by atoms with van der Waals surface area (Å²) >= 11 is 0. The van der Waals surface area contributed by atoms with Gasteiger partial charge in [-0.15, -0.1) is 0 Å². The highest BCUT2D eigenvalue weighted by Crippen LogP contribution is 2.37. The highest BCUT2D eigenvalue weighted by Gasteiger charge is 2.22. The van der Waals surface area contributed by atoms with Crippen molar-refractivity contribution in [2.45, 2.75) is 50.3 Å². The van der Waals surface area contributed by atoms with Crippen LogP contribution in [0.15, 0.2) is 0 Å². The van der Waals surface area contributed by atoms with Gasteiger partial charge in [0.15, 0.2) is 0 Å². The Morgan fingerprint density at radius 2 is 1.86 bits per heavy atom. The monoisotopic (exact) mass is 324 g/mol. The van der Waals surface area contributed by atoms with Gasteiger partial charge in [0.1, 0.15) is 0 Å². The van der Waals surface area contributed by atoms with Crippen LogP contribution in [0.1, 0.15) is 44.9 Å². The maximum absolute atomic E-state index is 11.7. The van der Waals surface area contributed by atoms with Crippen LogP contribution in [0.25, 0.3) is 0 Å². The Bertz CT molecular complexity index is 360. The fourth-order valence-corrected chi connectivity index (χ4v) is 4.17. The maximum atomic E-state index is 11.7. The van der Waals surface area contributed by atoms with E-state index in [1.807, 2.05) is 7.05 Å². The summed E-state index contributed by atoms with van der Waals surface area (Å²) in [5.41, 5.74) is 0. The standard InChI is InChI=1S/C15H25BN2OS2/c1-17-11-13-21-20-12-6-14(19)18-10-9-15(16)7-4-2-3-5-8-15/h17H,2-8,11-13H2,1H3,(H,18,19). The molecule has 0 aromatic heterocycles. The molecule has 0 aromatic rings. The van der Waals surface area contributed by atoms with Crippen molar-refractivity contribution in [1.82, 2.24) is 10.6 Å². The fourth-order valence-electron chi connectivity index (χ4n) is 2.17. The van der Waals surface area contributed by atoms with Gasteiger partial charge >= 0.3 is 0 Å². The third kappa shape index (κ3) is 9.39. The molecule has 1 saturated carbocycles. The average molecular weight is 324 g/mol. The van der Waals surface area contributed by atoms with Crippen molar-refractivity contribution >= 4 is 35.3 Å². The van der Waals surface area contributed by atoms with Crippen molar-refractivity contribution in [2.24, 2.45) is 0 Å². The molecule has 0 atom stereocenters. The highest BCUT2D eigenvalue weighted by atomic mass is 33.1. The van der Waals surface area contributed by atoms with E-state index in [-0.39, 0.29) is 5.91 Å². The number of nitrogens with one attached hydrogen (secondary N) is 2. The number of amides is 1. The lowest BCUT2D eigenvalue weighted by Crippen LogP contribution is -2.19. The third-order valence-electron chi connectivity index (χ3n) is 3.44. The van der Waals surface area contributed by atoms with E-state index in [0.29, 0.717) is 6.42 Å². The van der Waals surface area contributed by atoms with E-state index < -0.39 is 5.31 Å². The number of carbonyl (C=O) groups is 1. The molecule has 21 heavy (non-hydrogen) atoms. The minimum atomic E-state index is -0.401. The summed E-state index contributed by atoms with van der Waals surface area (Å²) in [7, 11) is 11.7. The summed E-state index contributed by atoms with van der Waals surface area (Å²) in [5, 5.41) is 5.35. The molecule has 0 heterocycles. The molecule has 6 heteroatoms. The molecule has 2 radical (unpaired) electrons. The van der Waals surface area contributed by atoms with Gasteiger partial charge in [0.2, 0.25) is 5.91 Å². The van der Waals surface area contributed by atoms with Crippen LogP contribution in [0.2, 0.25) is 5.31 Å². The molecule has 3 nitrogen and oxygen atoms in total. The normalized spacial score (nSPS) is 17.4. The SMILES string of the molecule is [B]C1(C#CNC(=O)CCSSCCNC)CCCCCC1. The number of hydrogen-bond donors (Lipinski definition) is 2. The zero-order valence-electron chi connectivity index (χ0n) is 12.9. The van der Waals surface area contributed by atoms with Gasteiger partial charge in [-0.05, 0) is 25.2 Å². The van der Waals surface area contributed by atoms with Crippen molar-refractivity contribution in [1.29, 1.82) is 0 Å². The lowest BCUT2D eigenvalue weighted by molar-refractivity contribution is -0.119. The van der Waals surface area contributed by atoms with Crippen LogP contribution < -0.4 is 10.6 Å². The lowest BCUT2D eigenvalue weighted by atomic mass is 9.64. The second kappa shape index (κ2) is 11.3. The maximum Gasteiger partial charge on any atom is 0.232 e. The molecule has 2 N–H and O–H groups in total. The van der Waals surface area contributed by atoms with E-state index in [1.165, 1.54) is 12.8 Å². The predicted molar refractivity (Wildman–Crippen MR) is 95.5 cm³/mol. The first kappa shape index (κ1) is 18.8. The Kier molecular flexibility index (Phi) is 10.2. The summed E-state index contributed by atoms with van der Waals surface area (Å²) in [5.74, 6) is 4.92. The van der Waals surface area contributed by atoms with Crippen LogP contribution in [0.3, 0.4) is 0 Å². The first-order chi connectivity index (χ1) is 10.2. The van der Waals surface area contributed by atoms with Crippen molar-refractivity contribution in [3.8, 4) is 12.0 Å².